The number of halogens is 2. The maximum atomic E-state index is 13.1. The van der Waals surface area contributed by atoms with Crippen LogP contribution >= 0.6 is 0 Å². The van der Waals surface area contributed by atoms with Gasteiger partial charge < -0.3 is 19.7 Å². The SMILES string of the molecule is CCOC(=O)C(F)(F)C(=O)NCCOCCN(C)C. The Labute approximate surface area is 111 Å². The molecule has 0 saturated heterocycles. The lowest BCUT2D eigenvalue weighted by Crippen LogP contribution is -2.47. The molecule has 0 fully saturated rings. The van der Waals surface area contributed by atoms with E-state index < -0.39 is 17.8 Å². The Morgan fingerprint density at radius 2 is 1.89 bits per heavy atom. The summed E-state index contributed by atoms with van der Waals surface area (Å²) in [6.45, 7) is 2.28. The molecule has 0 atom stereocenters. The third kappa shape index (κ3) is 7.02. The number of nitrogens with one attached hydrogen (secondary N) is 1. The summed E-state index contributed by atoms with van der Waals surface area (Å²) in [6, 6.07) is 0. The summed E-state index contributed by atoms with van der Waals surface area (Å²) in [5.74, 6) is -7.69. The van der Waals surface area contributed by atoms with Crippen molar-refractivity contribution in [2.24, 2.45) is 0 Å². The van der Waals surface area contributed by atoms with Crippen molar-refractivity contribution in [3.05, 3.63) is 0 Å². The number of ether oxygens (including phenoxy) is 2. The number of amides is 1. The summed E-state index contributed by atoms with van der Waals surface area (Å²) in [4.78, 5) is 23.8. The number of esters is 1. The number of hydrogen-bond acceptors (Lipinski definition) is 5. The van der Waals surface area contributed by atoms with E-state index in [4.69, 9.17) is 4.74 Å². The van der Waals surface area contributed by atoms with Crippen molar-refractivity contribution in [2.75, 3.05) is 47.0 Å². The zero-order valence-corrected chi connectivity index (χ0v) is 11.4. The van der Waals surface area contributed by atoms with E-state index in [-0.39, 0.29) is 19.8 Å². The van der Waals surface area contributed by atoms with Crippen LogP contribution < -0.4 is 5.32 Å². The fourth-order valence-corrected chi connectivity index (χ4v) is 1.01. The topological polar surface area (TPSA) is 67.9 Å². The van der Waals surface area contributed by atoms with Crippen molar-refractivity contribution in [3.63, 3.8) is 0 Å². The van der Waals surface area contributed by atoms with E-state index in [1.807, 2.05) is 24.3 Å². The van der Waals surface area contributed by atoms with E-state index in [0.29, 0.717) is 13.2 Å². The Hall–Kier alpha value is -1.28. The van der Waals surface area contributed by atoms with Crippen molar-refractivity contribution < 1.29 is 27.8 Å². The minimum Gasteiger partial charge on any atom is -0.461 e. The fraction of sp³-hybridized carbons (Fsp3) is 0.818. The standard InChI is InChI=1S/C11H20F2N2O4/c1-4-19-10(17)11(12,13)9(16)14-5-7-18-8-6-15(2)3/h4-8H2,1-3H3,(H,14,16). The molecular weight excluding hydrogens is 262 g/mol. The van der Waals surface area contributed by atoms with Gasteiger partial charge in [-0.2, -0.15) is 8.78 Å². The second-order valence-electron chi connectivity index (χ2n) is 3.97. The largest absolute Gasteiger partial charge is 0.461 e. The molecule has 19 heavy (non-hydrogen) atoms. The maximum Gasteiger partial charge on any atom is 0.418 e. The smallest absolute Gasteiger partial charge is 0.418 e. The number of carbonyl (C=O) groups is 2. The quantitative estimate of drug-likeness (QED) is 0.363. The normalized spacial score (nSPS) is 11.5. The van der Waals surface area contributed by atoms with Crippen LogP contribution in [0.3, 0.4) is 0 Å². The van der Waals surface area contributed by atoms with E-state index in [9.17, 15) is 18.4 Å². The molecule has 0 unspecified atom stereocenters. The summed E-state index contributed by atoms with van der Waals surface area (Å²) >= 11 is 0. The van der Waals surface area contributed by atoms with Gasteiger partial charge in [0.2, 0.25) is 0 Å². The molecule has 0 spiro atoms. The Bertz CT molecular complexity index is 298. The highest BCUT2D eigenvalue weighted by molar-refractivity contribution is 6.04. The first-order valence-electron chi connectivity index (χ1n) is 5.88. The third-order valence-electron chi connectivity index (χ3n) is 2.03. The van der Waals surface area contributed by atoms with Crippen LogP contribution in [-0.2, 0) is 19.1 Å². The van der Waals surface area contributed by atoms with Gasteiger partial charge in [-0.15, -0.1) is 0 Å². The van der Waals surface area contributed by atoms with Crippen molar-refractivity contribution >= 4 is 11.9 Å². The van der Waals surface area contributed by atoms with Crippen LogP contribution in [0.5, 0.6) is 0 Å². The van der Waals surface area contributed by atoms with Crippen LogP contribution in [0.4, 0.5) is 8.78 Å². The van der Waals surface area contributed by atoms with E-state index in [0.717, 1.165) is 0 Å². The molecule has 0 rings (SSSR count). The molecule has 8 heteroatoms. The Kier molecular flexibility index (Phi) is 8.17. The molecule has 1 amide bonds. The highest BCUT2D eigenvalue weighted by Crippen LogP contribution is 2.15. The summed E-state index contributed by atoms with van der Waals surface area (Å²) in [6.07, 6.45) is 0. The van der Waals surface area contributed by atoms with Gasteiger partial charge in [0.15, 0.2) is 0 Å². The van der Waals surface area contributed by atoms with Gasteiger partial charge in [0.25, 0.3) is 0 Å². The van der Waals surface area contributed by atoms with Crippen LogP contribution in [0, 0.1) is 0 Å². The first-order chi connectivity index (χ1) is 8.82. The van der Waals surface area contributed by atoms with Crippen LogP contribution in [0.15, 0.2) is 0 Å². The van der Waals surface area contributed by atoms with Crippen LogP contribution in [0.2, 0.25) is 0 Å². The molecule has 0 aromatic heterocycles. The van der Waals surface area contributed by atoms with Gasteiger partial charge in [-0.05, 0) is 21.0 Å². The average Bonchev–Trinajstić information content (AvgIpc) is 2.33. The predicted molar refractivity (Wildman–Crippen MR) is 64.0 cm³/mol. The first kappa shape index (κ1) is 17.7. The molecule has 0 radical (unpaired) electrons. The molecule has 0 aliphatic heterocycles. The first-order valence-corrected chi connectivity index (χ1v) is 5.88. The number of rotatable bonds is 9. The third-order valence-corrected chi connectivity index (χ3v) is 2.03. The van der Waals surface area contributed by atoms with Gasteiger partial charge >= 0.3 is 17.8 Å². The summed E-state index contributed by atoms with van der Waals surface area (Å²) in [7, 11) is 3.73. The van der Waals surface area contributed by atoms with Gasteiger partial charge in [-0.3, -0.25) is 4.79 Å². The maximum absolute atomic E-state index is 13.1. The van der Waals surface area contributed by atoms with Crippen molar-refractivity contribution in [1.29, 1.82) is 0 Å². The number of alkyl halides is 2. The highest BCUT2D eigenvalue weighted by Gasteiger charge is 2.48. The molecule has 112 valence electrons. The molecule has 0 aliphatic rings. The van der Waals surface area contributed by atoms with Crippen molar-refractivity contribution in [3.8, 4) is 0 Å². The van der Waals surface area contributed by atoms with Gasteiger partial charge in [-0.1, -0.05) is 0 Å². The monoisotopic (exact) mass is 282 g/mol. The summed E-state index contributed by atoms with van der Waals surface area (Å²) in [5, 5.41) is 1.92. The van der Waals surface area contributed by atoms with Gasteiger partial charge in [0.05, 0.1) is 19.8 Å². The van der Waals surface area contributed by atoms with Crippen molar-refractivity contribution in [2.45, 2.75) is 12.8 Å². The molecule has 0 bridgehead atoms. The van der Waals surface area contributed by atoms with Crippen LogP contribution in [-0.4, -0.2) is 69.7 Å². The zero-order valence-electron chi connectivity index (χ0n) is 11.4. The highest BCUT2D eigenvalue weighted by atomic mass is 19.3. The lowest BCUT2D eigenvalue weighted by Gasteiger charge is -2.14. The van der Waals surface area contributed by atoms with Crippen LogP contribution in [0.25, 0.3) is 0 Å². The van der Waals surface area contributed by atoms with Gasteiger partial charge in [0.1, 0.15) is 0 Å². The number of likely N-dealkylation sites (N-methyl/N-ethyl adjacent to an activating group) is 1. The summed E-state index contributed by atoms with van der Waals surface area (Å²) in [5.41, 5.74) is 0. The lowest BCUT2D eigenvalue weighted by molar-refractivity contribution is -0.177. The summed E-state index contributed by atoms with van der Waals surface area (Å²) < 4.78 is 35.5. The van der Waals surface area contributed by atoms with Gasteiger partial charge in [-0.25, -0.2) is 4.79 Å². The van der Waals surface area contributed by atoms with Crippen molar-refractivity contribution in [1.82, 2.24) is 10.2 Å². The molecule has 0 heterocycles. The molecular formula is C11H20F2N2O4. The molecule has 0 aliphatic carbocycles. The molecule has 0 aromatic carbocycles. The second-order valence-corrected chi connectivity index (χ2v) is 3.97. The van der Waals surface area contributed by atoms with E-state index in [2.05, 4.69) is 4.74 Å². The van der Waals surface area contributed by atoms with Gasteiger partial charge in [0, 0.05) is 13.1 Å². The predicted octanol–water partition coefficient (Wildman–Crippen LogP) is -0.121. The number of hydrogen-bond donors (Lipinski definition) is 1. The van der Waals surface area contributed by atoms with E-state index in [1.165, 1.54) is 6.92 Å². The van der Waals surface area contributed by atoms with E-state index in [1.54, 1.807) is 0 Å². The minimum atomic E-state index is -4.17. The van der Waals surface area contributed by atoms with E-state index >= 15 is 0 Å². The molecule has 0 aromatic rings. The Morgan fingerprint density at radius 1 is 1.26 bits per heavy atom. The second kappa shape index (κ2) is 8.76. The molecule has 1 N–H and O–H groups in total. The Balaban J connectivity index is 3.87. The zero-order chi connectivity index (χ0) is 14.9. The Morgan fingerprint density at radius 3 is 2.42 bits per heavy atom. The van der Waals surface area contributed by atoms with Crippen LogP contribution in [0.1, 0.15) is 6.92 Å². The molecule has 0 saturated carbocycles. The average molecular weight is 282 g/mol. The number of carbonyl (C=O) groups excluding carboxylic acids is 2. The minimum absolute atomic E-state index is 0.0957. The number of nitrogens with zero attached hydrogens (tertiary/aromatic N) is 1. The molecule has 6 nitrogen and oxygen atoms in total. The lowest BCUT2D eigenvalue weighted by atomic mass is 10.3. The fourth-order valence-electron chi connectivity index (χ4n) is 1.01.